The molecular formula is C15H22N2O3S. The Morgan fingerprint density at radius 3 is 2.67 bits per heavy atom. The standard InChI is InChI=1S/C15H22N2O3S/c16-8-5-12-11-17(15-4-2-1-3-14(12)15)21(18,19)13-6-9-20-10-7-13/h1-4,12-13H,5-11,16H2. The predicted octanol–water partition coefficient (Wildman–Crippen LogP) is 1.45. The molecule has 116 valence electrons. The first-order valence-corrected chi connectivity index (χ1v) is 9.03. The molecule has 0 bridgehead atoms. The molecule has 1 atom stereocenters. The number of fused-ring (bicyclic) bond motifs is 1. The number of sulfonamides is 1. The van der Waals surface area contributed by atoms with Crippen molar-refractivity contribution < 1.29 is 13.2 Å². The maximum absolute atomic E-state index is 12.9. The molecule has 0 aromatic heterocycles. The Morgan fingerprint density at radius 1 is 1.24 bits per heavy atom. The fourth-order valence-electron chi connectivity index (χ4n) is 3.30. The van der Waals surface area contributed by atoms with E-state index in [-0.39, 0.29) is 11.2 Å². The van der Waals surface area contributed by atoms with Gasteiger partial charge in [0.1, 0.15) is 0 Å². The Labute approximate surface area is 126 Å². The van der Waals surface area contributed by atoms with Gasteiger partial charge < -0.3 is 10.5 Å². The number of benzene rings is 1. The lowest BCUT2D eigenvalue weighted by Crippen LogP contribution is -2.41. The maximum atomic E-state index is 12.9. The zero-order valence-corrected chi connectivity index (χ0v) is 12.9. The molecule has 0 radical (unpaired) electrons. The van der Waals surface area contributed by atoms with Crippen molar-refractivity contribution in [2.45, 2.75) is 30.4 Å². The highest BCUT2D eigenvalue weighted by molar-refractivity contribution is 7.93. The van der Waals surface area contributed by atoms with E-state index in [9.17, 15) is 8.42 Å². The average molecular weight is 310 g/mol. The van der Waals surface area contributed by atoms with Gasteiger partial charge in [-0.1, -0.05) is 18.2 Å². The second kappa shape index (κ2) is 5.94. The van der Waals surface area contributed by atoms with Gasteiger partial charge in [0, 0.05) is 25.7 Å². The molecule has 5 nitrogen and oxygen atoms in total. The van der Waals surface area contributed by atoms with Gasteiger partial charge in [-0.3, -0.25) is 4.31 Å². The molecule has 0 aliphatic carbocycles. The average Bonchev–Trinajstić information content (AvgIpc) is 2.88. The Kier molecular flexibility index (Phi) is 4.19. The monoisotopic (exact) mass is 310 g/mol. The van der Waals surface area contributed by atoms with Crippen LogP contribution in [0.5, 0.6) is 0 Å². The van der Waals surface area contributed by atoms with E-state index in [2.05, 4.69) is 0 Å². The second-order valence-corrected chi connectivity index (χ2v) is 7.86. The van der Waals surface area contributed by atoms with E-state index in [4.69, 9.17) is 10.5 Å². The smallest absolute Gasteiger partial charge is 0.238 e. The molecule has 1 fully saturated rings. The quantitative estimate of drug-likeness (QED) is 0.913. The summed E-state index contributed by atoms with van der Waals surface area (Å²) in [7, 11) is -3.31. The molecule has 3 rings (SSSR count). The van der Waals surface area contributed by atoms with Crippen molar-refractivity contribution in [1.29, 1.82) is 0 Å². The Balaban J connectivity index is 1.92. The van der Waals surface area contributed by atoms with E-state index in [1.165, 1.54) is 0 Å². The molecule has 1 unspecified atom stereocenters. The topological polar surface area (TPSA) is 72.6 Å². The zero-order valence-electron chi connectivity index (χ0n) is 12.1. The first kappa shape index (κ1) is 14.8. The first-order chi connectivity index (χ1) is 10.1. The van der Waals surface area contributed by atoms with Crippen molar-refractivity contribution in [2.75, 3.05) is 30.6 Å². The third-order valence-electron chi connectivity index (χ3n) is 4.44. The molecule has 2 heterocycles. The van der Waals surface area contributed by atoms with Gasteiger partial charge in [0.05, 0.1) is 10.9 Å². The molecule has 1 saturated heterocycles. The van der Waals surface area contributed by atoms with Crippen molar-refractivity contribution in [1.82, 2.24) is 0 Å². The van der Waals surface area contributed by atoms with Crippen molar-refractivity contribution in [2.24, 2.45) is 5.73 Å². The van der Waals surface area contributed by atoms with Crippen LogP contribution in [0.4, 0.5) is 5.69 Å². The van der Waals surface area contributed by atoms with E-state index in [0.717, 1.165) is 17.7 Å². The Bertz CT molecular complexity index is 597. The number of anilines is 1. The lowest BCUT2D eigenvalue weighted by atomic mass is 9.98. The molecule has 2 aliphatic heterocycles. The minimum absolute atomic E-state index is 0.209. The lowest BCUT2D eigenvalue weighted by molar-refractivity contribution is 0.0983. The molecule has 2 aliphatic rings. The van der Waals surface area contributed by atoms with Gasteiger partial charge in [-0.25, -0.2) is 8.42 Å². The third-order valence-corrected chi connectivity index (χ3v) is 6.72. The van der Waals surface area contributed by atoms with Gasteiger partial charge in [0.2, 0.25) is 10.0 Å². The van der Waals surface area contributed by atoms with E-state index >= 15 is 0 Å². The van der Waals surface area contributed by atoms with Crippen LogP contribution in [-0.2, 0) is 14.8 Å². The van der Waals surface area contributed by atoms with Gasteiger partial charge in [0.25, 0.3) is 0 Å². The fraction of sp³-hybridized carbons (Fsp3) is 0.600. The van der Waals surface area contributed by atoms with E-state index in [0.29, 0.717) is 39.1 Å². The highest BCUT2D eigenvalue weighted by Gasteiger charge is 2.39. The normalized spacial score (nSPS) is 23.3. The summed E-state index contributed by atoms with van der Waals surface area (Å²) >= 11 is 0. The van der Waals surface area contributed by atoms with Gasteiger partial charge in [-0.2, -0.15) is 0 Å². The molecule has 6 heteroatoms. The molecule has 0 saturated carbocycles. The highest BCUT2D eigenvalue weighted by Crippen LogP contribution is 2.40. The maximum Gasteiger partial charge on any atom is 0.238 e. The summed E-state index contributed by atoms with van der Waals surface area (Å²) in [5, 5.41) is -0.323. The lowest BCUT2D eigenvalue weighted by Gasteiger charge is -2.28. The minimum Gasteiger partial charge on any atom is -0.381 e. The zero-order chi connectivity index (χ0) is 14.9. The summed E-state index contributed by atoms with van der Waals surface area (Å²) in [5.74, 6) is 0.209. The van der Waals surface area contributed by atoms with E-state index in [1.54, 1.807) is 4.31 Å². The molecule has 0 spiro atoms. The summed E-state index contributed by atoms with van der Waals surface area (Å²) in [6.45, 7) is 2.16. The Morgan fingerprint density at radius 2 is 1.95 bits per heavy atom. The van der Waals surface area contributed by atoms with Gasteiger partial charge in [-0.15, -0.1) is 0 Å². The van der Waals surface area contributed by atoms with Crippen LogP contribution in [0.1, 0.15) is 30.7 Å². The number of nitrogens with zero attached hydrogens (tertiary/aromatic N) is 1. The number of nitrogens with two attached hydrogens (primary N) is 1. The van der Waals surface area contributed by atoms with Crippen LogP contribution in [0.15, 0.2) is 24.3 Å². The van der Waals surface area contributed by atoms with Crippen molar-refractivity contribution in [3.05, 3.63) is 29.8 Å². The highest BCUT2D eigenvalue weighted by atomic mass is 32.2. The van der Waals surface area contributed by atoms with Crippen LogP contribution in [-0.4, -0.2) is 40.0 Å². The summed E-state index contributed by atoms with van der Waals surface area (Å²) in [5.41, 5.74) is 7.62. The van der Waals surface area contributed by atoms with Crippen molar-refractivity contribution in [3.8, 4) is 0 Å². The van der Waals surface area contributed by atoms with Crippen molar-refractivity contribution in [3.63, 3.8) is 0 Å². The summed E-state index contributed by atoms with van der Waals surface area (Å²) in [6, 6.07) is 7.79. The number of ether oxygens (including phenoxy) is 1. The third kappa shape index (κ3) is 2.67. The minimum atomic E-state index is -3.31. The largest absolute Gasteiger partial charge is 0.381 e. The number of hydrogen-bond acceptors (Lipinski definition) is 4. The first-order valence-electron chi connectivity index (χ1n) is 7.53. The molecule has 2 N–H and O–H groups in total. The van der Waals surface area contributed by atoms with Crippen LogP contribution >= 0.6 is 0 Å². The fourth-order valence-corrected chi connectivity index (χ4v) is 5.28. The SMILES string of the molecule is NCCC1CN(S(=O)(=O)C2CCOCC2)c2ccccc21. The molecule has 0 amide bonds. The summed E-state index contributed by atoms with van der Waals surface area (Å²) in [4.78, 5) is 0. The predicted molar refractivity (Wildman–Crippen MR) is 83.0 cm³/mol. The number of hydrogen-bond donors (Lipinski definition) is 1. The summed E-state index contributed by atoms with van der Waals surface area (Å²) < 4.78 is 32.8. The molecule has 1 aromatic rings. The number of para-hydroxylation sites is 1. The molecule has 1 aromatic carbocycles. The van der Waals surface area contributed by atoms with Gasteiger partial charge in [0.15, 0.2) is 0 Å². The van der Waals surface area contributed by atoms with Crippen molar-refractivity contribution >= 4 is 15.7 Å². The second-order valence-electron chi connectivity index (χ2n) is 5.72. The van der Waals surface area contributed by atoms with Gasteiger partial charge in [-0.05, 0) is 37.4 Å². The Hall–Kier alpha value is -1.11. The molecule has 21 heavy (non-hydrogen) atoms. The van der Waals surface area contributed by atoms with Gasteiger partial charge >= 0.3 is 0 Å². The van der Waals surface area contributed by atoms with Crippen LogP contribution in [0.3, 0.4) is 0 Å². The summed E-state index contributed by atoms with van der Waals surface area (Å²) in [6.07, 6.45) is 1.99. The molecular weight excluding hydrogens is 288 g/mol. The van der Waals surface area contributed by atoms with Crippen LogP contribution in [0.25, 0.3) is 0 Å². The van der Waals surface area contributed by atoms with Crippen LogP contribution in [0.2, 0.25) is 0 Å². The van der Waals surface area contributed by atoms with E-state index < -0.39 is 10.0 Å². The van der Waals surface area contributed by atoms with Crippen LogP contribution in [0, 0.1) is 0 Å². The van der Waals surface area contributed by atoms with E-state index in [1.807, 2.05) is 24.3 Å². The van der Waals surface area contributed by atoms with Crippen LogP contribution < -0.4 is 10.0 Å². The number of rotatable bonds is 4.